The molecule has 0 aromatic heterocycles. The molecule has 0 unspecified atom stereocenters. The first kappa shape index (κ1) is 23.8. The summed E-state index contributed by atoms with van der Waals surface area (Å²) in [6.45, 7) is 7.77. The molecular weight excluding hydrogens is 344 g/mol. The number of aliphatic hydroxyl groups excluding tert-OH is 1. The van der Waals surface area contributed by atoms with Gasteiger partial charge in [0.1, 0.15) is 24.2 Å². The van der Waals surface area contributed by atoms with E-state index in [0.29, 0.717) is 0 Å². The molecule has 0 saturated heterocycles. The van der Waals surface area contributed by atoms with E-state index in [1.807, 2.05) is 13.8 Å². The van der Waals surface area contributed by atoms with Gasteiger partial charge >= 0.3 is 5.97 Å². The van der Waals surface area contributed by atoms with Crippen LogP contribution in [-0.4, -0.2) is 64.2 Å². The molecule has 0 saturated carbocycles. The Kier molecular flexibility index (Phi) is 9.81. The third-order valence-corrected chi connectivity index (χ3v) is 3.64. The zero-order chi connectivity index (χ0) is 20.6. The smallest absolute Gasteiger partial charge is 0.325 e. The molecule has 0 aromatic rings. The maximum Gasteiger partial charge on any atom is 0.325 e. The Morgan fingerprint density at radius 2 is 1.35 bits per heavy atom. The van der Waals surface area contributed by atoms with Crippen molar-refractivity contribution in [1.29, 1.82) is 0 Å². The lowest BCUT2D eigenvalue weighted by Crippen LogP contribution is -2.57. The highest BCUT2D eigenvalue weighted by Crippen LogP contribution is 2.06. The van der Waals surface area contributed by atoms with Gasteiger partial charge in [-0.05, 0) is 33.1 Å². The number of carboxylic acids is 1. The SMILES string of the molecule is CC(C)C[C@H](NC(=O)[C@H](C)NC(=O)[C@@H](N)[C@@H](C)O)C(=O)N[C@@H](C)C(=O)O. The summed E-state index contributed by atoms with van der Waals surface area (Å²) >= 11 is 0. The van der Waals surface area contributed by atoms with Crippen LogP contribution in [0.4, 0.5) is 0 Å². The van der Waals surface area contributed by atoms with Crippen molar-refractivity contribution in [2.75, 3.05) is 0 Å². The van der Waals surface area contributed by atoms with Gasteiger partial charge in [0.2, 0.25) is 17.7 Å². The van der Waals surface area contributed by atoms with Crippen LogP contribution in [0.1, 0.15) is 41.0 Å². The maximum atomic E-state index is 12.3. The van der Waals surface area contributed by atoms with Gasteiger partial charge < -0.3 is 31.9 Å². The van der Waals surface area contributed by atoms with E-state index >= 15 is 0 Å². The standard InChI is InChI=1S/C16H30N4O6/c1-7(2)6-11(14(23)19-9(4)16(25)26)20-13(22)8(3)18-15(24)12(17)10(5)21/h7-12,21H,6,17H2,1-5H3,(H,18,24)(H,19,23)(H,20,22)(H,25,26)/t8-,9-,10+,11-,12-/m0/s1. The highest BCUT2D eigenvalue weighted by Gasteiger charge is 2.28. The van der Waals surface area contributed by atoms with Gasteiger partial charge in [-0.2, -0.15) is 0 Å². The average molecular weight is 374 g/mol. The van der Waals surface area contributed by atoms with E-state index in [-0.39, 0.29) is 12.3 Å². The number of carbonyl (C=O) groups is 4. The highest BCUT2D eigenvalue weighted by molar-refractivity contribution is 5.93. The summed E-state index contributed by atoms with van der Waals surface area (Å²) in [5.74, 6) is -3.09. The minimum absolute atomic E-state index is 0.0553. The first-order valence-corrected chi connectivity index (χ1v) is 8.44. The van der Waals surface area contributed by atoms with E-state index in [1.54, 1.807) is 0 Å². The molecule has 0 spiro atoms. The van der Waals surface area contributed by atoms with Gasteiger partial charge in [-0.15, -0.1) is 0 Å². The Morgan fingerprint density at radius 1 is 0.846 bits per heavy atom. The number of amides is 3. The molecule has 0 aromatic carbocycles. The van der Waals surface area contributed by atoms with E-state index in [1.165, 1.54) is 20.8 Å². The van der Waals surface area contributed by atoms with Crippen LogP contribution >= 0.6 is 0 Å². The molecule has 0 fully saturated rings. The Labute approximate surface area is 152 Å². The number of nitrogens with two attached hydrogens (primary N) is 1. The molecule has 0 aliphatic heterocycles. The number of aliphatic hydroxyl groups is 1. The predicted octanol–water partition coefficient (Wildman–Crippen LogP) is -1.68. The molecule has 0 aliphatic carbocycles. The second kappa shape index (κ2) is 10.7. The number of carboxylic acid groups (broad SMARTS) is 1. The summed E-state index contributed by atoms with van der Waals surface area (Å²) < 4.78 is 0. The zero-order valence-corrected chi connectivity index (χ0v) is 15.8. The number of carbonyl (C=O) groups excluding carboxylic acids is 3. The number of nitrogens with one attached hydrogen (secondary N) is 3. The first-order valence-electron chi connectivity index (χ1n) is 8.44. The van der Waals surface area contributed by atoms with Crippen molar-refractivity contribution in [3.05, 3.63) is 0 Å². The van der Waals surface area contributed by atoms with Crippen molar-refractivity contribution in [1.82, 2.24) is 16.0 Å². The molecule has 26 heavy (non-hydrogen) atoms. The van der Waals surface area contributed by atoms with Crippen LogP contribution < -0.4 is 21.7 Å². The lowest BCUT2D eigenvalue weighted by atomic mass is 10.0. The van der Waals surface area contributed by atoms with Crippen molar-refractivity contribution in [2.24, 2.45) is 11.7 Å². The van der Waals surface area contributed by atoms with Crippen molar-refractivity contribution < 1.29 is 29.4 Å². The van der Waals surface area contributed by atoms with Gasteiger partial charge in [0, 0.05) is 0 Å². The van der Waals surface area contributed by atoms with Gasteiger partial charge in [0.25, 0.3) is 0 Å². The average Bonchev–Trinajstić information content (AvgIpc) is 2.52. The lowest BCUT2D eigenvalue weighted by molar-refractivity contribution is -0.142. The molecule has 10 heteroatoms. The van der Waals surface area contributed by atoms with E-state index in [9.17, 15) is 24.3 Å². The van der Waals surface area contributed by atoms with Crippen LogP contribution in [0.3, 0.4) is 0 Å². The largest absolute Gasteiger partial charge is 0.480 e. The van der Waals surface area contributed by atoms with Crippen LogP contribution in [0.15, 0.2) is 0 Å². The van der Waals surface area contributed by atoms with Crippen LogP contribution in [0.25, 0.3) is 0 Å². The van der Waals surface area contributed by atoms with Gasteiger partial charge in [0.15, 0.2) is 0 Å². The quantitative estimate of drug-likeness (QED) is 0.265. The Hall–Kier alpha value is -2.20. The highest BCUT2D eigenvalue weighted by atomic mass is 16.4. The van der Waals surface area contributed by atoms with Crippen molar-refractivity contribution >= 4 is 23.7 Å². The predicted molar refractivity (Wildman–Crippen MR) is 93.9 cm³/mol. The van der Waals surface area contributed by atoms with E-state index in [0.717, 1.165) is 0 Å². The van der Waals surface area contributed by atoms with E-state index in [2.05, 4.69) is 16.0 Å². The zero-order valence-electron chi connectivity index (χ0n) is 15.8. The molecule has 0 rings (SSSR count). The lowest BCUT2D eigenvalue weighted by Gasteiger charge is -2.24. The van der Waals surface area contributed by atoms with E-state index < -0.39 is 54.0 Å². The summed E-state index contributed by atoms with van der Waals surface area (Å²) in [6, 6.07) is -4.23. The summed E-state index contributed by atoms with van der Waals surface area (Å²) in [6.07, 6.45) is -0.792. The first-order chi connectivity index (χ1) is 11.9. The summed E-state index contributed by atoms with van der Waals surface area (Å²) in [5, 5.41) is 25.3. The second-order valence-electron chi connectivity index (χ2n) is 6.76. The minimum atomic E-state index is -1.19. The van der Waals surface area contributed by atoms with Gasteiger partial charge in [0.05, 0.1) is 6.10 Å². The Bertz CT molecular complexity index is 523. The maximum absolute atomic E-state index is 12.3. The molecule has 0 heterocycles. The fraction of sp³-hybridized carbons (Fsp3) is 0.750. The molecule has 0 radical (unpaired) electrons. The summed E-state index contributed by atoms with van der Waals surface area (Å²) in [4.78, 5) is 47.2. The Balaban J connectivity index is 4.93. The molecular formula is C16H30N4O6. The van der Waals surface area contributed by atoms with Crippen LogP contribution in [0.5, 0.6) is 0 Å². The number of hydrogen-bond donors (Lipinski definition) is 6. The number of hydrogen-bond acceptors (Lipinski definition) is 6. The molecule has 7 N–H and O–H groups in total. The molecule has 3 amide bonds. The third kappa shape index (κ3) is 8.26. The Morgan fingerprint density at radius 3 is 1.77 bits per heavy atom. The summed E-state index contributed by atoms with van der Waals surface area (Å²) in [5.41, 5.74) is 5.49. The van der Waals surface area contributed by atoms with Crippen LogP contribution in [-0.2, 0) is 19.2 Å². The van der Waals surface area contributed by atoms with Crippen LogP contribution in [0.2, 0.25) is 0 Å². The van der Waals surface area contributed by atoms with Gasteiger partial charge in [-0.1, -0.05) is 13.8 Å². The second-order valence-corrected chi connectivity index (χ2v) is 6.76. The summed E-state index contributed by atoms with van der Waals surface area (Å²) in [7, 11) is 0. The monoisotopic (exact) mass is 374 g/mol. The molecule has 150 valence electrons. The molecule has 0 aliphatic rings. The number of rotatable bonds is 10. The molecule has 0 bridgehead atoms. The fourth-order valence-corrected chi connectivity index (χ4v) is 1.97. The molecule has 10 nitrogen and oxygen atoms in total. The van der Waals surface area contributed by atoms with Crippen molar-refractivity contribution in [2.45, 2.75) is 71.3 Å². The van der Waals surface area contributed by atoms with E-state index in [4.69, 9.17) is 10.8 Å². The topological polar surface area (TPSA) is 171 Å². The van der Waals surface area contributed by atoms with Gasteiger partial charge in [-0.25, -0.2) is 0 Å². The molecule has 5 atom stereocenters. The number of aliphatic carboxylic acids is 1. The van der Waals surface area contributed by atoms with Crippen molar-refractivity contribution in [3.8, 4) is 0 Å². The van der Waals surface area contributed by atoms with Gasteiger partial charge in [-0.3, -0.25) is 19.2 Å². The normalized spacial score (nSPS) is 16.8. The fourth-order valence-electron chi connectivity index (χ4n) is 1.97. The minimum Gasteiger partial charge on any atom is -0.480 e. The van der Waals surface area contributed by atoms with Crippen LogP contribution in [0, 0.1) is 5.92 Å². The van der Waals surface area contributed by atoms with Crippen molar-refractivity contribution in [3.63, 3.8) is 0 Å². The third-order valence-electron chi connectivity index (χ3n) is 3.64.